The molecule has 1 heterocycles. The lowest BCUT2D eigenvalue weighted by molar-refractivity contribution is -0.123. The van der Waals surface area contributed by atoms with E-state index in [1.54, 1.807) is 30.3 Å². The van der Waals surface area contributed by atoms with Crippen molar-refractivity contribution in [1.82, 2.24) is 10.9 Å². The molecule has 0 spiro atoms. The number of nitrogens with one attached hydrogen (secondary N) is 3. The van der Waals surface area contributed by atoms with E-state index in [-0.39, 0.29) is 28.4 Å². The third-order valence-electron chi connectivity index (χ3n) is 5.49. The molecular weight excluding hydrogens is 498 g/mol. The van der Waals surface area contributed by atoms with Crippen LogP contribution in [0.1, 0.15) is 29.8 Å². The predicted octanol–water partition coefficient (Wildman–Crippen LogP) is 3.05. The second-order valence-electron chi connectivity index (χ2n) is 8.91. The number of methoxy groups -OCH3 is 1. The number of benzene rings is 3. The van der Waals surface area contributed by atoms with Gasteiger partial charge in [-0.1, -0.05) is 30.3 Å². The first-order chi connectivity index (χ1) is 17.6. The molecule has 2 amide bonds. The molecule has 194 valence electrons. The van der Waals surface area contributed by atoms with Gasteiger partial charge in [-0.05, 0) is 50.2 Å². The Kier molecular flexibility index (Phi) is 7.25. The minimum atomic E-state index is -4.02. The fourth-order valence-electron chi connectivity index (χ4n) is 3.82. The van der Waals surface area contributed by atoms with Gasteiger partial charge >= 0.3 is 0 Å². The van der Waals surface area contributed by atoms with E-state index in [0.29, 0.717) is 17.2 Å². The molecule has 0 bridgehead atoms. The van der Waals surface area contributed by atoms with Crippen molar-refractivity contribution in [3.05, 3.63) is 77.9 Å². The monoisotopic (exact) mass is 525 g/mol. The number of sulfonamides is 1. The van der Waals surface area contributed by atoms with Gasteiger partial charge in [-0.15, -0.1) is 0 Å². The molecule has 37 heavy (non-hydrogen) atoms. The lowest BCUT2D eigenvalue weighted by Gasteiger charge is -2.18. The SMILES string of the molecule is COc1ccccc1NS(=O)(=O)c1cccc(C(=O)NNC(=O)COc2cccc3c2OC(C)(C)C3)c1. The largest absolute Gasteiger partial charge is 0.495 e. The molecule has 1 aliphatic heterocycles. The van der Waals surface area contributed by atoms with Crippen LogP contribution in [0.4, 0.5) is 5.69 Å². The van der Waals surface area contributed by atoms with Crippen molar-refractivity contribution in [3.8, 4) is 17.2 Å². The zero-order chi connectivity index (χ0) is 26.6. The number of para-hydroxylation sites is 3. The average molecular weight is 526 g/mol. The van der Waals surface area contributed by atoms with Gasteiger partial charge in [0.05, 0.1) is 17.7 Å². The number of hydrogen-bond donors (Lipinski definition) is 3. The van der Waals surface area contributed by atoms with Crippen LogP contribution in [0, 0.1) is 0 Å². The van der Waals surface area contributed by atoms with E-state index in [4.69, 9.17) is 14.2 Å². The van der Waals surface area contributed by atoms with Crippen LogP contribution in [0.3, 0.4) is 0 Å². The van der Waals surface area contributed by atoms with Crippen molar-refractivity contribution < 1.29 is 32.2 Å². The van der Waals surface area contributed by atoms with Gasteiger partial charge < -0.3 is 14.2 Å². The number of ether oxygens (including phenoxy) is 3. The minimum absolute atomic E-state index is 0.0284. The van der Waals surface area contributed by atoms with Crippen LogP contribution < -0.4 is 29.8 Å². The first kappa shape index (κ1) is 25.8. The second kappa shape index (κ2) is 10.4. The maximum Gasteiger partial charge on any atom is 0.276 e. The van der Waals surface area contributed by atoms with E-state index in [1.165, 1.54) is 31.4 Å². The summed E-state index contributed by atoms with van der Waals surface area (Å²) in [6, 6.07) is 17.4. The summed E-state index contributed by atoms with van der Waals surface area (Å²) >= 11 is 0. The smallest absolute Gasteiger partial charge is 0.276 e. The molecule has 0 fully saturated rings. The Morgan fingerprint density at radius 1 is 0.973 bits per heavy atom. The second-order valence-corrected chi connectivity index (χ2v) is 10.6. The Morgan fingerprint density at radius 2 is 1.70 bits per heavy atom. The van der Waals surface area contributed by atoms with Crippen LogP contribution >= 0.6 is 0 Å². The third kappa shape index (κ3) is 6.12. The lowest BCUT2D eigenvalue weighted by atomic mass is 10.0. The van der Waals surface area contributed by atoms with Gasteiger partial charge in [0.1, 0.15) is 11.4 Å². The molecule has 0 radical (unpaired) electrons. The van der Waals surface area contributed by atoms with E-state index in [9.17, 15) is 18.0 Å². The van der Waals surface area contributed by atoms with Gasteiger partial charge in [0, 0.05) is 17.5 Å². The number of hydrogen-bond acceptors (Lipinski definition) is 7. The normalized spacial score (nSPS) is 13.6. The molecule has 0 saturated heterocycles. The molecule has 3 aromatic rings. The van der Waals surface area contributed by atoms with Crippen LogP contribution in [0.25, 0.3) is 0 Å². The van der Waals surface area contributed by atoms with Gasteiger partial charge in [0.25, 0.3) is 21.8 Å². The fraction of sp³-hybridized carbons (Fsp3) is 0.231. The Balaban J connectivity index is 1.35. The topological polar surface area (TPSA) is 132 Å². The van der Waals surface area contributed by atoms with Crippen molar-refractivity contribution in [2.24, 2.45) is 0 Å². The van der Waals surface area contributed by atoms with E-state index in [2.05, 4.69) is 15.6 Å². The highest BCUT2D eigenvalue weighted by Gasteiger charge is 2.32. The summed E-state index contributed by atoms with van der Waals surface area (Å²) in [5, 5.41) is 0. The van der Waals surface area contributed by atoms with E-state index in [1.807, 2.05) is 26.0 Å². The molecule has 11 heteroatoms. The van der Waals surface area contributed by atoms with Crippen LogP contribution in [0.2, 0.25) is 0 Å². The molecule has 3 N–H and O–H groups in total. The average Bonchev–Trinajstić information content (AvgIpc) is 3.20. The first-order valence-corrected chi connectivity index (χ1v) is 12.8. The number of fused-ring (bicyclic) bond motifs is 1. The highest BCUT2D eigenvalue weighted by Crippen LogP contribution is 2.41. The molecule has 0 aliphatic carbocycles. The zero-order valence-electron chi connectivity index (χ0n) is 20.5. The molecule has 1 aliphatic rings. The molecule has 0 unspecified atom stereocenters. The highest BCUT2D eigenvalue weighted by atomic mass is 32.2. The van der Waals surface area contributed by atoms with Crippen molar-refractivity contribution in [2.75, 3.05) is 18.4 Å². The number of carbonyl (C=O) groups is 2. The van der Waals surface area contributed by atoms with Crippen LogP contribution in [0.15, 0.2) is 71.6 Å². The summed E-state index contributed by atoms with van der Waals surface area (Å²) in [5.74, 6) is 0.0768. The number of amides is 2. The number of carbonyl (C=O) groups excluding carboxylic acids is 2. The highest BCUT2D eigenvalue weighted by molar-refractivity contribution is 7.92. The zero-order valence-corrected chi connectivity index (χ0v) is 21.3. The maximum atomic E-state index is 12.9. The summed E-state index contributed by atoms with van der Waals surface area (Å²) in [5.41, 5.74) is 5.44. The summed E-state index contributed by atoms with van der Waals surface area (Å²) in [6.07, 6.45) is 0.727. The quantitative estimate of drug-likeness (QED) is 0.385. The van der Waals surface area contributed by atoms with E-state index in [0.717, 1.165) is 12.0 Å². The van der Waals surface area contributed by atoms with Crippen LogP contribution in [0.5, 0.6) is 17.2 Å². The molecular formula is C26H27N3O7S. The minimum Gasteiger partial charge on any atom is -0.495 e. The van der Waals surface area contributed by atoms with Crippen LogP contribution in [-0.4, -0.2) is 39.5 Å². The summed E-state index contributed by atoms with van der Waals surface area (Å²) in [6.45, 7) is 3.57. The van der Waals surface area contributed by atoms with E-state index >= 15 is 0 Å². The maximum absolute atomic E-state index is 12.9. The Bertz CT molecular complexity index is 1440. The molecule has 0 aromatic heterocycles. The number of rotatable bonds is 8. The summed E-state index contributed by atoms with van der Waals surface area (Å²) in [4.78, 5) is 24.7. The molecule has 4 rings (SSSR count). The molecule has 0 atom stereocenters. The van der Waals surface area contributed by atoms with Gasteiger partial charge in [0.2, 0.25) is 0 Å². The molecule has 3 aromatic carbocycles. The summed E-state index contributed by atoms with van der Waals surface area (Å²) < 4.78 is 44.8. The third-order valence-corrected chi connectivity index (χ3v) is 6.85. The number of hydrazine groups is 1. The number of anilines is 1. The fourth-order valence-corrected chi connectivity index (χ4v) is 4.93. The Hall–Kier alpha value is -4.25. The molecule has 0 saturated carbocycles. The van der Waals surface area contributed by atoms with Crippen molar-refractivity contribution in [1.29, 1.82) is 0 Å². The van der Waals surface area contributed by atoms with Gasteiger partial charge in [-0.2, -0.15) is 0 Å². The van der Waals surface area contributed by atoms with Gasteiger partial charge in [-0.3, -0.25) is 25.2 Å². The van der Waals surface area contributed by atoms with Crippen molar-refractivity contribution in [2.45, 2.75) is 30.8 Å². The molecule has 10 nitrogen and oxygen atoms in total. The van der Waals surface area contributed by atoms with Gasteiger partial charge in [0.15, 0.2) is 18.1 Å². The van der Waals surface area contributed by atoms with Crippen molar-refractivity contribution in [3.63, 3.8) is 0 Å². The van der Waals surface area contributed by atoms with Gasteiger partial charge in [-0.25, -0.2) is 8.42 Å². The summed E-state index contributed by atoms with van der Waals surface area (Å²) in [7, 11) is -2.59. The Labute approximate surface area is 215 Å². The first-order valence-electron chi connectivity index (χ1n) is 11.4. The lowest BCUT2D eigenvalue weighted by Crippen LogP contribution is -2.43. The Morgan fingerprint density at radius 3 is 2.49 bits per heavy atom. The van der Waals surface area contributed by atoms with Crippen molar-refractivity contribution >= 4 is 27.5 Å². The van der Waals surface area contributed by atoms with Crippen LogP contribution in [-0.2, 0) is 21.2 Å². The standard InChI is InChI=1S/C26H27N3O7S/c1-26(2)15-18-9-7-13-22(24(18)36-26)35-16-23(30)27-28-25(31)17-8-6-10-19(14-17)37(32,33)29-20-11-4-5-12-21(20)34-3/h4-14,29H,15-16H2,1-3H3,(H,27,30)(H,28,31). The van der Waals surface area contributed by atoms with E-state index < -0.39 is 21.8 Å². The predicted molar refractivity (Wildman–Crippen MR) is 136 cm³/mol.